The predicted molar refractivity (Wildman–Crippen MR) is 158 cm³/mol. The molecule has 218 valence electrons. The monoisotopic (exact) mass is 566 g/mol. The number of aliphatic hydroxyl groups is 1. The Morgan fingerprint density at radius 3 is 2.08 bits per heavy atom. The molecule has 0 unspecified atom stereocenters. The first-order valence-corrected chi connectivity index (χ1v) is 20.0. The Kier molecular flexibility index (Phi) is 9.54. The van der Waals surface area contributed by atoms with Gasteiger partial charge in [0.1, 0.15) is 12.4 Å². The smallest absolute Gasteiger partial charge is 0.192 e. The summed E-state index contributed by atoms with van der Waals surface area (Å²) < 4.78 is 31.9. The van der Waals surface area contributed by atoms with Crippen LogP contribution in [0.25, 0.3) is 0 Å². The second-order valence-electron chi connectivity index (χ2n) is 14.8. The first-order valence-electron chi connectivity index (χ1n) is 14.2. The fraction of sp³-hybridized carbons (Fsp3) is 0.800. The highest BCUT2D eigenvalue weighted by Gasteiger charge is 2.66. The quantitative estimate of drug-likeness (QED) is 0.182. The summed E-state index contributed by atoms with van der Waals surface area (Å²) in [6, 6.07) is 10.1. The molecule has 1 aromatic carbocycles. The molecule has 38 heavy (non-hydrogen) atoms. The molecule has 1 aliphatic carbocycles. The van der Waals surface area contributed by atoms with E-state index in [1.807, 2.05) is 30.3 Å². The average molecular weight is 567 g/mol. The van der Waals surface area contributed by atoms with Crippen molar-refractivity contribution in [1.82, 2.24) is 0 Å². The van der Waals surface area contributed by atoms with Crippen LogP contribution in [0.4, 0.5) is 0 Å². The van der Waals surface area contributed by atoms with E-state index in [0.717, 1.165) is 5.56 Å². The molecule has 6 nitrogen and oxygen atoms in total. The zero-order valence-electron chi connectivity index (χ0n) is 25.8. The van der Waals surface area contributed by atoms with Crippen LogP contribution in [0.1, 0.15) is 60.5 Å². The molecule has 2 fully saturated rings. The van der Waals surface area contributed by atoms with Crippen LogP contribution in [0.5, 0.6) is 0 Å². The third kappa shape index (κ3) is 6.65. The first kappa shape index (κ1) is 31.9. The van der Waals surface area contributed by atoms with Gasteiger partial charge >= 0.3 is 0 Å². The Morgan fingerprint density at radius 2 is 1.55 bits per heavy atom. The number of hydrogen-bond donors (Lipinski definition) is 1. The molecule has 2 aliphatic rings. The molecule has 0 bridgehead atoms. The summed E-state index contributed by atoms with van der Waals surface area (Å²) in [7, 11) is -4.15. The maximum absolute atomic E-state index is 11.9. The van der Waals surface area contributed by atoms with E-state index in [-0.39, 0.29) is 35.0 Å². The van der Waals surface area contributed by atoms with Crippen LogP contribution in [-0.2, 0) is 29.7 Å². The van der Waals surface area contributed by atoms with Gasteiger partial charge in [0.15, 0.2) is 16.6 Å². The molecular formula is C30H54O6Si2. The minimum atomic E-state index is -2.11. The van der Waals surface area contributed by atoms with Gasteiger partial charge in [0.05, 0.1) is 32.0 Å². The highest BCUT2D eigenvalue weighted by molar-refractivity contribution is 6.74. The standard InChI is InChI=1S/C30H54O6Si2/c1-27(2,3)37(8,9)35-19-24-29(7,20-33-22-32-18-23-15-13-12-14-16-23)25(17-26-30(24,31)21-34-26)36-38(10,11)28(4,5)6/h12-16,24-26,31H,17-22H2,1-11H3/t24-,25-,26+,29-,30+/m0/s1. The van der Waals surface area contributed by atoms with Gasteiger partial charge in [-0.15, -0.1) is 0 Å². The molecule has 0 aromatic heterocycles. The summed E-state index contributed by atoms with van der Waals surface area (Å²) in [5.74, 6) is -0.180. The number of rotatable bonds is 11. The highest BCUT2D eigenvalue weighted by atomic mass is 28.4. The first-order chi connectivity index (χ1) is 17.3. The second kappa shape index (κ2) is 11.4. The van der Waals surface area contributed by atoms with Crippen molar-refractivity contribution in [3.63, 3.8) is 0 Å². The van der Waals surface area contributed by atoms with E-state index in [4.69, 9.17) is 23.1 Å². The average Bonchev–Trinajstić information content (AvgIpc) is 2.79. The number of benzene rings is 1. The Hall–Kier alpha value is -0.586. The summed E-state index contributed by atoms with van der Waals surface area (Å²) in [5, 5.41) is 12.1. The molecule has 1 N–H and O–H groups in total. The summed E-state index contributed by atoms with van der Waals surface area (Å²) in [4.78, 5) is 0. The van der Waals surface area contributed by atoms with Crippen LogP contribution in [0.15, 0.2) is 30.3 Å². The Morgan fingerprint density at radius 1 is 0.947 bits per heavy atom. The van der Waals surface area contributed by atoms with Crippen molar-refractivity contribution in [2.75, 3.05) is 26.6 Å². The Balaban J connectivity index is 1.84. The zero-order chi connectivity index (χ0) is 28.6. The van der Waals surface area contributed by atoms with Gasteiger partial charge in [-0.2, -0.15) is 0 Å². The molecule has 1 aromatic rings. The fourth-order valence-corrected chi connectivity index (χ4v) is 7.48. The van der Waals surface area contributed by atoms with Crippen molar-refractivity contribution >= 4 is 16.6 Å². The van der Waals surface area contributed by atoms with Gasteiger partial charge < -0.3 is 28.2 Å². The summed E-state index contributed by atoms with van der Waals surface area (Å²) in [6.07, 6.45) is 0.299. The van der Waals surface area contributed by atoms with Crippen LogP contribution in [0.2, 0.25) is 36.3 Å². The van der Waals surface area contributed by atoms with E-state index in [9.17, 15) is 5.11 Å². The predicted octanol–water partition coefficient (Wildman–Crippen LogP) is 6.75. The lowest BCUT2D eigenvalue weighted by molar-refractivity contribution is -0.326. The summed E-state index contributed by atoms with van der Waals surface area (Å²) >= 11 is 0. The van der Waals surface area contributed by atoms with E-state index in [0.29, 0.717) is 32.8 Å². The lowest BCUT2D eigenvalue weighted by atomic mass is 9.56. The van der Waals surface area contributed by atoms with E-state index in [1.165, 1.54) is 0 Å². The molecule has 8 heteroatoms. The second-order valence-corrected chi connectivity index (χ2v) is 24.4. The number of ether oxygens (including phenoxy) is 3. The van der Waals surface area contributed by atoms with Gasteiger partial charge in [0, 0.05) is 24.4 Å². The lowest BCUT2D eigenvalue weighted by Gasteiger charge is -2.63. The van der Waals surface area contributed by atoms with Crippen LogP contribution < -0.4 is 0 Å². The molecular weight excluding hydrogens is 512 g/mol. The fourth-order valence-electron chi connectivity index (χ4n) is 5.03. The number of fused-ring (bicyclic) bond motifs is 1. The molecule has 1 saturated heterocycles. The molecule has 3 rings (SSSR count). The molecule has 5 atom stereocenters. The van der Waals surface area contributed by atoms with E-state index in [2.05, 4.69) is 74.7 Å². The Labute approximate surface area is 234 Å². The molecule has 0 amide bonds. The lowest BCUT2D eigenvalue weighted by Crippen LogP contribution is -2.75. The van der Waals surface area contributed by atoms with Gasteiger partial charge in [-0.05, 0) is 41.8 Å². The van der Waals surface area contributed by atoms with Crippen molar-refractivity contribution in [2.24, 2.45) is 11.3 Å². The van der Waals surface area contributed by atoms with Crippen molar-refractivity contribution in [3.05, 3.63) is 35.9 Å². The third-order valence-corrected chi connectivity index (χ3v) is 19.0. The van der Waals surface area contributed by atoms with Gasteiger partial charge in [-0.1, -0.05) is 78.8 Å². The largest absolute Gasteiger partial charge is 0.416 e. The van der Waals surface area contributed by atoms with Crippen LogP contribution >= 0.6 is 0 Å². The minimum Gasteiger partial charge on any atom is -0.416 e. The molecule has 1 saturated carbocycles. The zero-order valence-corrected chi connectivity index (χ0v) is 27.8. The summed E-state index contributed by atoms with van der Waals surface area (Å²) in [5.41, 5.74) is -0.301. The molecule has 1 aliphatic heterocycles. The van der Waals surface area contributed by atoms with Gasteiger partial charge in [0.2, 0.25) is 0 Å². The summed E-state index contributed by atoms with van der Waals surface area (Å²) in [6.45, 7) is 26.8. The Bertz CT molecular complexity index is 910. The van der Waals surface area contributed by atoms with Crippen molar-refractivity contribution in [3.8, 4) is 0 Å². The van der Waals surface area contributed by atoms with Gasteiger partial charge in [0.25, 0.3) is 0 Å². The van der Waals surface area contributed by atoms with Crippen molar-refractivity contribution in [1.29, 1.82) is 0 Å². The number of hydrogen-bond acceptors (Lipinski definition) is 6. The molecule has 0 radical (unpaired) electrons. The highest BCUT2D eigenvalue weighted by Crippen LogP contribution is 2.55. The van der Waals surface area contributed by atoms with E-state index in [1.54, 1.807) is 0 Å². The third-order valence-electron chi connectivity index (χ3n) is 9.99. The maximum Gasteiger partial charge on any atom is 0.192 e. The van der Waals surface area contributed by atoms with Crippen LogP contribution in [0.3, 0.4) is 0 Å². The topological polar surface area (TPSA) is 66.4 Å². The van der Waals surface area contributed by atoms with E-state index >= 15 is 0 Å². The van der Waals surface area contributed by atoms with Crippen molar-refractivity contribution < 1.29 is 28.2 Å². The van der Waals surface area contributed by atoms with Crippen LogP contribution in [-0.4, -0.2) is 66.2 Å². The maximum atomic E-state index is 11.9. The van der Waals surface area contributed by atoms with E-state index < -0.39 is 27.7 Å². The SMILES string of the molecule is CC(C)(C)[Si](C)(C)OC[C@H]1[C@](C)(COCOCc2ccccc2)[C@@H](O[Si](C)(C)C(C)(C)C)C[C@H]2OC[C@]21O. The van der Waals surface area contributed by atoms with Crippen LogP contribution in [0, 0.1) is 11.3 Å². The normalized spacial score (nSPS) is 30.6. The van der Waals surface area contributed by atoms with Gasteiger partial charge in [-0.3, -0.25) is 0 Å². The van der Waals surface area contributed by atoms with Crippen molar-refractivity contribution in [2.45, 2.75) is 116 Å². The minimum absolute atomic E-state index is 0.0644. The van der Waals surface area contributed by atoms with Gasteiger partial charge in [-0.25, -0.2) is 0 Å². The molecule has 1 heterocycles. The molecule has 0 spiro atoms.